The number of aromatic hydroxyl groups is 2. The second-order valence-electron chi connectivity index (χ2n) is 7.16. The van der Waals surface area contributed by atoms with Gasteiger partial charge in [-0.3, -0.25) is 0 Å². The summed E-state index contributed by atoms with van der Waals surface area (Å²) in [6, 6.07) is 10.7. The van der Waals surface area contributed by atoms with Crippen LogP contribution in [-0.2, 0) is 14.2 Å². The van der Waals surface area contributed by atoms with E-state index in [2.05, 4.69) is 63.7 Å². The van der Waals surface area contributed by atoms with E-state index in [1.165, 1.54) is 0 Å². The minimum atomic E-state index is -0.703. The van der Waals surface area contributed by atoms with Gasteiger partial charge in [0, 0.05) is 0 Å². The Bertz CT molecular complexity index is 873. The van der Waals surface area contributed by atoms with Crippen molar-refractivity contribution in [1.82, 2.24) is 0 Å². The third kappa shape index (κ3) is 4.29. The van der Waals surface area contributed by atoms with Gasteiger partial charge >= 0.3 is 0 Å². The summed E-state index contributed by atoms with van der Waals surface area (Å²) in [4.78, 5) is 0. The van der Waals surface area contributed by atoms with Crippen molar-refractivity contribution in [3.8, 4) is 11.5 Å². The molecule has 4 unspecified atom stereocenters. The number of epoxide rings is 2. The molecule has 4 atom stereocenters. The van der Waals surface area contributed by atoms with Crippen LogP contribution in [0, 0.1) is 13.8 Å². The van der Waals surface area contributed by atoms with E-state index in [1.54, 1.807) is 24.3 Å². The molecule has 0 saturated carbocycles. The van der Waals surface area contributed by atoms with E-state index in [4.69, 9.17) is 14.2 Å². The van der Waals surface area contributed by atoms with Gasteiger partial charge in [0.05, 0.1) is 0 Å². The van der Waals surface area contributed by atoms with Crippen molar-refractivity contribution in [2.24, 2.45) is 0 Å². The molecule has 2 N–H and O–H groups in total. The maximum Gasteiger partial charge on any atom is 0.207 e. The number of phenolic OH excluding ortho intramolecular Hbond substituents is 2. The van der Waals surface area contributed by atoms with Crippen LogP contribution in [0.4, 0.5) is 0 Å². The monoisotopic (exact) mass is 654 g/mol. The number of phenols is 2. The van der Waals surface area contributed by atoms with Gasteiger partial charge in [-0.05, 0) is 112 Å². The molecule has 2 aliphatic heterocycles. The number of hydrogen-bond donors (Lipinski definition) is 2. The number of hydrogen-bond acceptors (Lipinski definition) is 5. The van der Waals surface area contributed by atoms with Gasteiger partial charge in [-0.2, -0.15) is 0 Å². The van der Waals surface area contributed by atoms with Crippen LogP contribution in [0.5, 0.6) is 11.5 Å². The molecule has 2 aliphatic rings. The van der Waals surface area contributed by atoms with Crippen LogP contribution >= 0.6 is 63.7 Å². The van der Waals surface area contributed by atoms with E-state index >= 15 is 0 Å². The Morgan fingerprint density at radius 1 is 0.793 bits per heavy atom. The Balaban J connectivity index is 1.75. The first-order valence-electron chi connectivity index (χ1n) is 8.86. The molecule has 0 radical (unpaired) electrons. The highest BCUT2D eigenvalue weighted by molar-refractivity contribution is 9.25. The Morgan fingerprint density at radius 3 is 1.45 bits per heavy atom. The van der Waals surface area contributed by atoms with Crippen LogP contribution in [0.3, 0.4) is 0 Å². The molecule has 2 aromatic carbocycles. The fourth-order valence-corrected chi connectivity index (χ4v) is 5.18. The quantitative estimate of drug-likeness (QED) is 0.286. The summed E-state index contributed by atoms with van der Waals surface area (Å²) in [5.41, 5.74) is 3.06. The summed E-state index contributed by atoms with van der Waals surface area (Å²) >= 11 is 14.0. The molecule has 4 rings (SSSR count). The number of ether oxygens (including phenoxy) is 3. The highest BCUT2D eigenvalue weighted by atomic mass is 79.9. The van der Waals surface area contributed by atoms with E-state index in [-0.39, 0.29) is 23.7 Å². The zero-order chi connectivity index (χ0) is 21.1. The van der Waals surface area contributed by atoms with Crippen molar-refractivity contribution in [3.63, 3.8) is 0 Å². The standard InChI is InChI=1S/C20H18Br4O5/c1-9-11(5-3-7-13(9)25)15(17-19(21,22)28-17)27-16(18-20(23,24)29-18)12-6-4-8-14(26)10(12)2/h3-8,15-18,25-26H,1-2H3. The van der Waals surface area contributed by atoms with Crippen molar-refractivity contribution in [3.05, 3.63) is 58.7 Å². The predicted molar refractivity (Wildman–Crippen MR) is 123 cm³/mol. The molecule has 0 amide bonds. The molecule has 0 spiro atoms. The fraction of sp³-hybridized carbons (Fsp3) is 0.400. The van der Waals surface area contributed by atoms with E-state index in [0.29, 0.717) is 0 Å². The zero-order valence-electron chi connectivity index (χ0n) is 15.4. The van der Waals surface area contributed by atoms with Gasteiger partial charge in [0.25, 0.3) is 0 Å². The molecular formula is C20H18Br4O5. The van der Waals surface area contributed by atoms with Crippen LogP contribution < -0.4 is 0 Å². The van der Waals surface area contributed by atoms with Gasteiger partial charge in [-0.1, -0.05) is 24.3 Å². The zero-order valence-corrected chi connectivity index (χ0v) is 21.7. The number of halogens is 4. The van der Waals surface area contributed by atoms with Gasteiger partial charge in [0.1, 0.15) is 35.9 Å². The van der Waals surface area contributed by atoms with Gasteiger partial charge in [-0.15, -0.1) is 0 Å². The van der Waals surface area contributed by atoms with E-state index < -0.39 is 19.0 Å². The summed E-state index contributed by atoms with van der Waals surface area (Å²) in [5.74, 6) is 0.379. The first kappa shape index (κ1) is 22.0. The molecular weight excluding hydrogens is 640 g/mol. The average Bonchev–Trinajstić information content (AvgIpc) is 3.48. The van der Waals surface area contributed by atoms with Crippen molar-refractivity contribution in [1.29, 1.82) is 0 Å². The SMILES string of the molecule is Cc1c(O)cccc1C(OC(c1cccc(O)c1C)C1OC1(Br)Br)C1OC1(Br)Br. The molecule has 0 aromatic heterocycles. The van der Waals surface area contributed by atoms with E-state index in [9.17, 15) is 10.2 Å². The molecule has 5 nitrogen and oxygen atoms in total. The molecule has 9 heteroatoms. The lowest BCUT2D eigenvalue weighted by Crippen LogP contribution is -2.23. The fourth-order valence-electron chi connectivity index (χ4n) is 3.42. The van der Waals surface area contributed by atoms with Crippen LogP contribution in [0.1, 0.15) is 34.5 Å². The topological polar surface area (TPSA) is 74.8 Å². The predicted octanol–water partition coefficient (Wildman–Crippen LogP) is 6.20. The van der Waals surface area contributed by atoms with Crippen LogP contribution in [0.15, 0.2) is 36.4 Å². The number of alkyl halides is 4. The number of benzene rings is 2. The molecule has 0 bridgehead atoms. The molecule has 0 aliphatic carbocycles. The summed E-state index contributed by atoms with van der Waals surface area (Å²) in [7, 11) is 0. The van der Waals surface area contributed by atoms with Crippen LogP contribution in [0.2, 0.25) is 0 Å². The molecule has 2 saturated heterocycles. The van der Waals surface area contributed by atoms with Crippen molar-refractivity contribution >= 4 is 63.7 Å². The third-order valence-electron chi connectivity index (χ3n) is 5.27. The average molecular weight is 658 g/mol. The lowest BCUT2D eigenvalue weighted by Gasteiger charge is -2.26. The van der Waals surface area contributed by atoms with Crippen LogP contribution in [0.25, 0.3) is 0 Å². The Labute approximate surface area is 202 Å². The van der Waals surface area contributed by atoms with E-state index in [1.807, 2.05) is 26.0 Å². The minimum Gasteiger partial charge on any atom is -0.508 e. The highest BCUT2D eigenvalue weighted by Crippen LogP contribution is 2.60. The summed E-state index contributed by atoms with van der Waals surface area (Å²) in [6.07, 6.45) is -1.68. The molecule has 156 valence electrons. The molecule has 2 fully saturated rings. The van der Waals surface area contributed by atoms with E-state index in [0.717, 1.165) is 22.3 Å². The third-order valence-corrected chi connectivity index (χ3v) is 7.82. The van der Waals surface area contributed by atoms with Gasteiger partial charge in [0.15, 0.2) is 0 Å². The first-order valence-corrected chi connectivity index (χ1v) is 12.0. The lowest BCUT2D eigenvalue weighted by molar-refractivity contribution is -0.0427. The van der Waals surface area contributed by atoms with Crippen molar-refractivity contribution in [2.45, 2.75) is 45.1 Å². The van der Waals surface area contributed by atoms with Gasteiger partial charge in [-0.25, -0.2) is 0 Å². The number of rotatable bonds is 6. The summed E-state index contributed by atoms with van der Waals surface area (Å²) in [6.45, 7) is 3.68. The summed E-state index contributed by atoms with van der Waals surface area (Å²) in [5, 5.41) is 20.4. The summed E-state index contributed by atoms with van der Waals surface area (Å²) < 4.78 is 16.8. The molecule has 2 heterocycles. The Hall–Kier alpha value is -0.160. The molecule has 29 heavy (non-hydrogen) atoms. The first-order chi connectivity index (χ1) is 13.5. The Morgan fingerprint density at radius 2 is 1.14 bits per heavy atom. The normalized spacial score (nSPS) is 26.0. The smallest absolute Gasteiger partial charge is 0.207 e. The largest absolute Gasteiger partial charge is 0.508 e. The second-order valence-corrected chi connectivity index (χ2v) is 14.0. The van der Waals surface area contributed by atoms with Crippen molar-refractivity contribution < 1.29 is 24.4 Å². The Kier molecular flexibility index (Phi) is 5.90. The van der Waals surface area contributed by atoms with Crippen molar-refractivity contribution in [2.75, 3.05) is 0 Å². The van der Waals surface area contributed by atoms with Gasteiger partial charge < -0.3 is 24.4 Å². The van der Waals surface area contributed by atoms with Gasteiger partial charge in [0.2, 0.25) is 6.84 Å². The van der Waals surface area contributed by atoms with Crippen LogP contribution in [-0.4, -0.2) is 29.3 Å². The minimum absolute atomic E-state index is 0.189. The maximum atomic E-state index is 10.2. The second kappa shape index (κ2) is 7.76. The highest BCUT2D eigenvalue weighted by Gasteiger charge is 2.62. The maximum absolute atomic E-state index is 10.2. The lowest BCUT2D eigenvalue weighted by atomic mass is 9.97. The molecule has 2 aromatic rings.